The quantitative estimate of drug-likeness (QED) is 0.828. The summed E-state index contributed by atoms with van der Waals surface area (Å²) in [6, 6.07) is 4.41. The molecule has 0 fully saturated rings. The lowest BCUT2D eigenvalue weighted by Gasteiger charge is -2.03. The van der Waals surface area contributed by atoms with Crippen LogP contribution in [0.25, 0.3) is 0 Å². The van der Waals surface area contributed by atoms with E-state index in [1.807, 2.05) is 0 Å². The molecule has 0 atom stereocenters. The molecule has 0 radical (unpaired) electrons. The van der Waals surface area contributed by atoms with Crippen molar-refractivity contribution in [3.05, 3.63) is 34.2 Å². The van der Waals surface area contributed by atoms with E-state index in [0.29, 0.717) is 0 Å². The third-order valence-electron chi connectivity index (χ3n) is 1.54. The molecule has 0 saturated heterocycles. The first-order valence-corrected chi connectivity index (χ1v) is 5.27. The summed E-state index contributed by atoms with van der Waals surface area (Å²) in [6.45, 7) is 0. The second-order valence-corrected chi connectivity index (χ2v) is 3.81. The molecule has 0 saturated carbocycles. The van der Waals surface area contributed by atoms with Gasteiger partial charge >= 0.3 is 0 Å². The fourth-order valence-corrected chi connectivity index (χ4v) is 1.68. The van der Waals surface area contributed by atoms with Crippen LogP contribution in [0.5, 0.6) is 11.6 Å². The molecule has 7 heteroatoms. The van der Waals surface area contributed by atoms with Gasteiger partial charge in [-0.25, -0.2) is 4.39 Å². The number of ether oxygens (including phenoxy) is 1. The van der Waals surface area contributed by atoms with Crippen LogP contribution < -0.4 is 4.74 Å². The van der Waals surface area contributed by atoms with Gasteiger partial charge in [0.15, 0.2) is 11.6 Å². The summed E-state index contributed by atoms with van der Waals surface area (Å²) in [4.78, 5) is 0. The molecule has 0 spiro atoms. The average molecular weight is 265 g/mol. The van der Waals surface area contributed by atoms with Gasteiger partial charge in [-0.2, -0.15) is 4.37 Å². The van der Waals surface area contributed by atoms with E-state index in [-0.39, 0.29) is 21.8 Å². The number of nitrogens with zero attached hydrogens (tertiary/aromatic N) is 2. The summed E-state index contributed by atoms with van der Waals surface area (Å²) in [5.74, 6) is -0.608. The van der Waals surface area contributed by atoms with Gasteiger partial charge in [0.05, 0.1) is 16.8 Å². The van der Waals surface area contributed by atoms with Crippen LogP contribution in [-0.4, -0.2) is 8.75 Å². The van der Waals surface area contributed by atoms with E-state index < -0.39 is 5.82 Å². The summed E-state index contributed by atoms with van der Waals surface area (Å²) in [5.41, 5.74) is 0. The number of hydrogen-bond acceptors (Lipinski definition) is 4. The van der Waals surface area contributed by atoms with Crippen molar-refractivity contribution in [3.63, 3.8) is 0 Å². The molecule has 0 unspecified atom stereocenters. The van der Waals surface area contributed by atoms with E-state index in [2.05, 4.69) is 8.75 Å². The number of hydrogen-bond donors (Lipinski definition) is 0. The first kappa shape index (κ1) is 10.6. The van der Waals surface area contributed by atoms with Crippen molar-refractivity contribution in [2.75, 3.05) is 0 Å². The molecule has 0 bridgehead atoms. The fourth-order valence-electron chi connectivity index (χ4n) is 0.898. The number of rotatable bonds is 2. The molecule has 3 nitrogen and oxygen atoms in total. The zero-order chi connectivity index (χ0) is 10.8. The summed E-state index contributed by atoms with van der Waals surface area (Å²) in [6.07, 6.45) is 0. The van der Waals surface area contributed by atoms with Crippen LogP contribution in [0, 0.1) is 5.82 Å². The van der Waals surface area contributed by atoms with E-state index in [0.717, 1.165) is 11.7 Å². The Labute approximate surface area is 98.7 Å². The lowest BCUT2D eigenvalue weighted by atomic mass is 10.3. The van der Waals surface area contributed by atoms with Gasteiger partial charge in [0.2, 0.25) is 5.15 Å². The average Bonchev–Trinajstić information content (AvgIpc) is 2.60. The lowest BCUT2D eigenvalue weighted by molar-refractivity contribution is 0.431. The van der Waals surface area contributed by atoms with Crippen molar-refractivity contribution in [1.29, 1.82) is 0 Å². The standard InChI is InChI=1S/C8H3Cl2FN2OS/c9-4-2-1-3-5(6(4)11)14-8-7(10)12-15-13-8/h1-3H. The minimum absolute atomic E-state index is 0.0215. The van der Waals surface area contributed by atoms with Gasteiger partial charge in [0.1, 0.15) is 0 Å². The molecule has 0 N–H and O–H groups in total. The van der Waals surface area contributed by atoms with Gasteiger partial charge in [-0.15, -0.1) is 4.37 Å². The summed E-state index contributed by atoms with van der Waals surface area (Å²) in [5, 5.41) is 0.0752. The highest BCUT2D eigenvalue weighted by Gasteiger charge is 2.12. The van der Waals surface area contributed by atoms with Crippen LogP contribution in [-0.2, 0) is 0 Å². The van der Waals surface area contributed by atoms with E-state index in [1.54, 1.807) is 6.07 Å². The predicted molar refractivity (Wildman–Crippen MR) is 56.4 cm³/mol. The fraction of sp³-hybridized carbons (Fsp3) is 0. The van der Waals surface area contributed by atoms with Crippen molar-refractivity contribution in [2.45, 2.75) is 0 Å². The first-order valence-electron chi connectivity index (χ1n) is 3.78. The highest BCUT2D eigenvalue weighted by atomic mass is 35.5. The van der Waals surface area contributed by atoms with Gasteiger partial charge in [-0.1, -0.05) is 29.3 Å². The number of benzene rings is 1. The highest BCUT2D eigenvalue weighted by Crippen LogP contribution is 2.31. The Balaban J connectivity index is 2.33. The minimum Gasteiger partial charge on any atom is -0.433 e. The third kappa shape index (κ3) is 2.19. The Hall–Kier alpha value is -0.910. The highest BCUT2D eigenvalue weighted by molar-refractivity contribution is 6.99. The molecule has 2 rings (SSSR count). The van der Waals surface area contributed by atoms with Crippen molar-refractivity contribution >= 4 is 34.9 Å². The second kappa shape index (κ2) is 4.30. The van der Waals surface area contributed by atoms with Crippen LogP contribution in [0.15, 0.2) is 18.2 Å². The zero-order valence-corrected chi connectivity index (χ0v) is 9.41. The molecule has 1 heterocycles. The van der Waals surface area contributed by atoms with Gasteiger partial charge in [0, 0.05) is 0 Å². The Morgan fingerprint density at radius 3 is 2.73 bits per heavy atom. The maximum absolute atomic E-state index is 13.4. The van der Waals surface area contributed by atoms with Crippen LogP contribution in [0.2, 0.25) is 10.2 Å². The Morgan fingerprint density at radius 2 is 2.07 bits per heavy atom. The van der Waals surface area contributed by atoms with Crippen molar-refractivity contribution in [2.24, 2.45) is 0 Å². The maximum atomic E-state index is 13.4. The van der Waals surface area contributed by atoms with Gasteiger partial charge < -0.3 is 4.74 Å². The summed E-state index contributed by atoms with van der Waals surface area (Å²) in [7, 11) is 0. The van der Waals surface area contributed by atoms with Gasteiger partial charge in [0.25, 0.3) is 5.88 Å². The largest absolute Gasteiger partial charge is 0.433 e. The van der Waals surface area contributed by atoms with Crippen molar-refractivity contribution in [3.8, 4) is 11.6 Å². The monoisotopic (exact) mass is 264 g/mol. The molecule has 78 valence electrons. The smallest absolute Gasteiger partial charge is 0.271 e. The Kier molecular flexibility index (Phi) is 3.04. The molecular weight excluding hydrogens is 262 g/mol. The van der Waals surface area contributed by atoms with Crippen LogP contribution >= 0.6 is 34.9 Å². The predicted octanol–water partition coefficient (Wildman–Crippen LogP) is 3.78. The van der Waals surface area contributed by atoms with Gasteiger partial charge in [-0.05, 0) is 12.1 Å². The third-order valence-corrected chi connectivity index (χ3v) is 2.69. The Bertz CT molecular complexity index is 491. The second-order valence-electron chi connectivity index (χ2n) is 2.51. The number of halogens is 3. The molecule has 1 aromatic heterocycles. The normalized spacial score (nSPS) is 10.3. The topological polar surface area (TPSA) is 35.0 Å². The minimum atomic E-state index is -0.650. The first-order chi connectivity index (χ1) is 7.18. The van der Waals surface area contributed by atoms with Crippen LogP contribution in [0.4, 0.5) is 4.39 Å². The summed E-state index contributed by atoms with van der Waals surface area (Å²) < 4.78 is 25.9. The van der Waals surface area contributed by atoms with Crippen molar-refractivity contribution in [1.82, 2.24) is 8.75 Å². The number of aromatic nitrogens is 2. The van der Waals surface area contributed by atoms with Crippen molar-refractivity contribution < 1.29 is 9.13 Å². The van der Waals surface area contributed by atoms with Crippen LogP contribution in [0.1, 0.15) is 0 Å². The zero-order valence-electron chi connectivity index (χ0n) is 7.08. The van der Waals surface area contributed by atoms with E-state index >= 15 is 0 Å². The molecule has 0 aliphatic rings. The molecule has 0 amide bonds. The molecular formula is C8H3Cl2FN2OS. The molecule has 0 aliphatic carbocycles. The van der Waals surface area contributed by atoms with Gasteiger partial charge in [-0.3, -0.25) is 0 Å². The van der Waals surface area contributed by atoms with E-state index in [4.69, 9.17) is 27.9 Å². The van der Waals surface area contributed by atoms with E-state index in [9.17, 15) is 4.39 Å². The molecule has 2 aromatic rings. The lowest BCUT2D eigenvalue weighted by Crippen LogP contribution is -1.89. The Morgan fingerprint density at radius 1 is 1.27 bits per heavy atom. The SMILES string of the molecule is Fc1c(Cl)cccc1Oc1nsnc1Cl. The van der Waals surface area contributed by atoms with Crippen LogP contribution in [0.3, 0.4) is 0 Å². The van der Waals surface area contributed by atoms with E-state index in [1.165, 1.54) is 12.1 Å². The summed E-state index contributed by atoms with van der Waals surface area (Å²) >= 11 is 12.1. The molecule has 15 heavy (non-hydrogen) atoms. The maximum Gasteiger partial charge on any atom is 0.271 e. The molecule has 1 aromatic carbocycles. The molecule has 0 aliphatic heterocycles.